The Labute approximate surface area is 159 Å². The van der Waals surface area contributed by atoms with Crippen LogP contribution in [0.25, 0.3) is 0 Å². The number of rotatable bonds is 3. The van der Waals surface area contributed by atoms with Gasteiger partial charge in [-0.3, -0.25) is 9.80 Å². The van der Waals surface area contributed by atoms with Gasteiger partial charge in [0.1, 0.15) is 5.82 Å². The summed E-state index contributed by atoms with van der Waals surface area (Å²) >= 11 is 6.09. The van der Waals surface area contributed by atoms with Gasteiger partial charge in [-0.1, -0.05) is 35.9 Å². The molecule has 4 heteroatoms. The van der Waals surface area contributed by atoms with Crippen molar-refractivity contribution in [3.63, 3.8) is 0 Å². The van der Waals surface area contributed by atoms with Gasteiger partial charge in [-0.25, -0.2) is 4.39 Å². The maximum atomic E-state index is 13.2. The lowest BCUT2D eigenvalue weighted by Crippen LogP contribution is -2.45. The van der Waals surface area contributed by atoms with Crippen molar-refractivity contribution in [3.05, 3.63) is 70.5 Å². The van der Waals surface area contributed by atoms with Gasteiger partial charge in [-0.15, -0.1) is 0 Å². The zero-order chi connectivity index (χ0) is 17.7. The highest BCUT2D eigenvalue weighted by Crippen LogP contribution is 2.55. The highest BCUT2D eigenvalue weighted by molar-refractivity contribution is 6.30. The summed E-state index contributed by atoms with van der Waals surface area (Å²) in [5, 5.41) is 0.813. The third-order valence-electron chi connectivity index (χ3n) is 6.77. The summed E-state index contributed by atoms with van der Waals surface area (Å²) in [5.41, 5.74) is 2.96. The molecule has 3 heterocycles. The van der Waals surface area contributed by atoms with E-state index in [1.807, 2.05) is 24.3 Å². The number of halogens is 2. The average Bonchev–Trinajstić information content (AvgIpc) is 3.26. The summed E-state index contributed by atoms with van der Waals surface area (Å²) in [4.78, 5) is 5.36. The molecule has 2 nitrogen and oxygen atoms in total. The SMILES string of the molecule is Fc1ccc(CN2C[C@@H]3C[C@H](c4ccc(Cl)cc4)N4CCC[C@]34C2)cc1. The summed E-state index contributed by atoms with van der Waals surface area (Å²) in [6, 6.07) is 16.0. The molecule has 3 atom stereocenters. The van der Waals surface area contributed by atoms with Gasteiger partial charge in [0.05, 0.1) is 0 Å². The average molecular weight is 371 g/mol. The van der Waals surface area contributed by atoms with Crippen LogP contribution in [0, 0.1) is 11.7 Å². The number of likely N-dealkylation sites (tertiary alicyclic amines) is 1. The van der Waals surface area contributed by atoms with Crippen molar-refractivity contribution in [1.82, 2.24) is 9.80 Å². The van der Waals surface area contributed by atoms with Gasteiger partial charge in [-0.2, -0.15) is 0 Å². The van der Waals surface area contributed by atoms with E-state index in [9.17, 15) is 4.39 Å². The van der Waals surface area contributed by atoms with Gasteiger partial charge in [0.15, 0.2) is 0 Å². The van der Waals surface area contributed by atoms with Crippen LogP contribution in [0.5, 0.6) is 0 Å². The lowest BCUT2D eigenvalue weighted by Gasteiger charge is -2.35. The molecule has 0 radical (unpaired) electrons. The van der Waals surface area contributed by atoms with E-state index < -0.39 is 0 Å². The summed E-state index contributed by atoms with van der Waals surface area (Å²) in [6.07, 6.45) is 3.84. The zero-order valence-electron chi connectivity index (χ0n) is 14.9. The molecule has 3 aliphatic rings. The molecular weight excluding hydrogens is 347 g/mol. The second-order valence-corrected chi connectivity index (χ2v) is 8.63. The second kappa shape index (κ2) is 6.33. The molecule has 3 fully saturated rings. The van der Waals surface area contributed by atoms with Gasteiger partial charge in [-0.05, 0) is 67.1 Å². The summed E-state index contributed by atoms with van der Waals surface area (Å²) in [6.45, 7) is 4.42. The number of hydrogen-bond acceptors (Lipinski definition) is 2. The molecule has 1 spiro atoms. The largest absolute Gasteiger partial charge is 0.297 e. The van der Waals surface area contributed by atoms with Crippen LogP contribution in [0.15, 0.2) is 48.5 Å². The maximum absolute atomic E-state index is 13.2. The fourth-order valence-electron chi connectivity index (χ4n) is 5.72. The first kappa shape index (κ1) is 16.7. The Kier molecular flexibility index (Phi) is 4.07. The van der Waals surface area contributed by atoms with Crippen molar-refractivity contribution in [3.8, 4) is 0 Å². The quantitative estimate of drug-likeness (QED) is 0.758. The molecule has 5 rings (SSSR count). The molecule has 0 N–H and O–H groups in total. The summed E-state index contributed by atoms with van der Waals surface area (Å²) in [7, 11) is 0. The fourth-order valence-corrected chi connectivity index (χ4v) is 5.85. The van der Waals surface area contributed by atoms with Crippen LogP contribution in [0.2, 0.25) is 5.02 Å². The van der Waals surface area contributed by atoms with Crippen LogP contribution in [0.4, 0.5) is 4.39 Å². The van der Waals surface area contributed by atoms with Crippen LogP contribution in [0.1, 0.15) is 36.4 Å². The lowest BCUT2D eigenvalue weighted by molar-refractivity contribution is 0.131. The van der Waals surface area contributed by atoms with E-state index in [0.29, 0.717) is 11.6 Å². The minimum absolute atomic E-state index is 0.154. The van der Waals surface area contributed by atoms with Gasteiger partial charge < -0.3 is 0 Å². The second-order valence-electron chi connectivity index (χ2n) is 8.20. The van der Waals surface area contributed by atoms with Gasteiger partial charge in [0.25, 0.3) is 0 Å². The highest BCUT2D eigenvalue weighted by Gasteiger charge is 2.59. The highest BCUT2D eigenvalue weighted by atomic mass is 35.5. The number of hydrogen-bond donors (Lipinski definition) is 0. The Morgan fingerprint density at radius 2 is 1.85 bits per heavy atom. The van der Waals surface area contributed by atoms with Crippen molar-refractivity contribution in [2.24, 2.45) is 5.92 Å². The molecule has 2 aromatic rings. The minimum atomic E-state index is -0.154. The molecule has 0 bridgehead atoms. The molecule has 2 aromatic carbocycles. The van der Waals surface area contributed by atoms with E-state index in [1.54, 1.807) is 12.1 Å². The maximum Gasteiger partial charge on any atom is 0.123 e. The Morgan fingerprint density at radius 1 is 1.08 bits per heavy atom. The van der Waals surface area contributed by atoms with Gasteiger partial charge >= 0.3 is 0 Å². The van der Waals surface area contributed by atoms with Gasteiger partial charge in [0.2, 0.25) is 0 Å². The molecule has 3 aliphatic heterocycles. The standard InChI is InChI=1S/C22H24ClFN2/c23-19-6-4-17(5-7-19)21-12-18-14-25(13-16-2-8-20(24)9-3-16)15-22(18)10-1-11-26(21)22/h2-9,18,21H,1,10-15H2/t18-,21+,22-/m0/s1. The van der Waals surface area contributed by atoms with Gasteiger partial charge in [0, 0.05) is 36.2 Å². The zero-order valence-corrected chi connectivity index (χ0v) is 15.6. The summed E-state index contributed by atoms with van der Waals surface area (Å²) < 4.78 is 13.2. The molecule has 0 unspecified atom stereocenters. The number of nitrogens with zero attached hydrogens (tertiary/aromatic N) is 2. The first-order valence-electron chi connectivity index (χ1n) is 9.63. The molecule has 3 saturated heterocycles. The van der Waals surface area contributed by atoms with Crippen LogP contribution in [-0.2, 0) is 6.54 Å². The Hall–Kier alpha value is -1.42. The molecule has 0 aromatic heterocycles. The monoisotopic (exact) mass is 370 g/mol. The predicted molar refractivity (Wildman–Crippen MR) is 103 cm³/mol. The Bertz CT molecular complexity index is 791. The van der Waals surface area contributed by atoms with Crippen molar-refractivity contribution in [2.75, 3.05) is 19.6 Å². The van der Waals surface area contributed by atoms with E-state index in [1.165, 1.54) is 36.9 Å². The summed E-state index contributed by atoms with van der Waals surface area (Å²) in [5.74, 6) is 0.574. The van der Waals surface area contributed by atoms with E-state index in [2.05, 4.69) is 21.9 Å². The molecular formula is C22H24ClFN2. The van der Waals surface area contributed by atoms with Crippen molar-refractivity contribution < 1.29 is 4.39 Å². The van der Waals surface area contributed by atoms with Crippen LogP contribution >= 0.6 is 11.6 Å². The third kappa shape index (κ3) is 2.69. The van der Waals surface area contributed by atoms with Crippen LogP contribution in [0.3, 0.4) is 0 Å². The van der Waals surface area contributed by atoms with E-state index >= 15 is 0 Å². The fraction of sp³-hybridized carbons (Fsp3) is 0.455. The first-order chi connectivity index (χ1) is 12.6. The van der Waals surface area contributed by atoms with Crippen LogP contribution < -0.4 is 0 Å². The van der Waals surface area contributed by atoms with E-state index in [4.69, 9.17) is 11.6 Å². The topological polar surface area (TPSA) is 6.48 Å². The predicted octanol–water partition coefficient (Wildman–Crippen LogP) is 4.89. The van der Waals surface area contributed by atoms with Crippen molar-refractivity contribution in [2.45, 2.75) is 37.4 Å². The normalized spacial score (nSPS) is 31.3. The molecule has 26 heavy (non-hydrogen) atoms. The van der Waals surface area contributed by atoms with Crippen LogP contribution in [-0.4, -0.2) is 35.0 Å². The molecule has 0 amide bonds. The smallest absolute Gasteiger partial charge is 0.123 e. The van der Waals surface area contributed by atoms with Crippen molar-refractivity contribution in [1.29, 1.82) is 0 Å². The third-order valence-corrected chi connectivity index (χ3v) is 7.03. The minimum Gasteiger partial charge on any atom is -0.297 e. The Balaban J connectivity index is 1.35. The molecule has 136 valence electrons. The van der Waals surface area contributed by atoms with E-state index in [-0.39, 0.29) is 5.82 Å². The lowest BCUT2D eigenvalue weighted by atomic mass is 9.86. The van der Waals surface area contributed by atoms with E-state index in [0.717, 1.165) is 30.6 Å². The van der Waals surface area contributed by atoms with Crippen molar-refractivity contribution >= 4 is 11.6 Å². The first-order valence-corrected chi connectivity index (χ1v) is 10.0. The number of benzene rings is 2. The Morgan fingerprint density at radius 3 is 2.62 bits per heavy atom. The molecule has 0 saturated carbocycles. The molecule has 0 aliphatic carbocycles.